The average Bonchev–Trinajstić information content (AvgIpc) is 3.67. The molecule has 2 nitrogen and oxygen atoms in total. The molecule has 0 fully saturated rings. The fourth-order valence-electron chi connectivity index (χ4n) is 6.60. The summed E-state index contributed by atoms with van der Waals surface area (Å²) in [6, 6.07) is 58.4. The van der Waals surface area contributed by atoms with E-state index in [-0.39, 0.29) is 0 Å². The summed E-state index contributed by atoms with van der Waals surface area (Å²) >= 11 is 1.88. The fourth-order valence-corrected chi connectivity index (χ4v) is 7.83. The van der Waals surface area contributed by atoms with Crippen molar-refractivity contribution in [1.82, 2.24) is 0 Å². The number of fused-ring (bicyclic) bond motifs is 6. The number of furan rings is 1. The van der Waals surface area contributed by atoms with E-state index in [0.29, 0.717) is 0 Å². The first-order chi connectivity index (χ1) is 22.3. The van der Waals surface area contributed by atoms with Gasteiger partial charge in [-0.3, -0.25) is 0 Å². The van der Waals surface area contributed by atoms with Crippen LogP contribution in [-0.4, -0.2) is 0 Å². The Morgan fingerprint density at radius 1 is 0.400 bits per heavy atom. The zero-order valence-electron chi connectivity index (χ0n) is 24.4. The van der Waals surface area contributed by atoms with Gasteiger partial charge in [0.2, 0.25) is 0 Å². The Morgan fingerprint density at radius 2 is 1.02 bits per heavy atom. The minimum absolute atomic E-state index is 0.885. The summed E-state index contributed by atoms with van der Waals surface area (Å²) in [4.78, 5) is 2.29. The Labute approximate surface area is 265 Å². The van der Waals surface area contributed by atoms with Gasteiger partial charge in [-0.15, -0.1) is 11.3 Å². The average molecular weight is 594 g/mol. The summed E-state index contributed by atoms with van der Waals surface area (Å²) in [5.74, 6) is 0. The standard InChI is InChI=1S/C42H27NOS/c1-2-11-29(12-3-1)43(31-25-26-35-34-15-6-8-19-39(34)44-40(35)27-31)30-23-21-28(22-24-30)32-13-4-5-14-33(32)37-17-10-18-38-36-16-7-9-20-41(36)45-42(37)38/h1-27H. The highest BCUT2D eigenvalue weighted by atomic mass is 32.1. The highest BCUT2D eigenvalue weighted by Gasteiger charge is 2.17. The van der Waals surface area contributed by atoms with Crippen LogP contribution < -0.4 is 4.90 Å². The molecule has 212 valence electrons. The lowest BCUT2D eigenvalue weighted by Crippen LogP contribution is -2.09. The predicted molar refractivity (Wildman–Crippen MR) is 192 cm³/mol. The number of benzene rings is 7. The zero-order valence-corrected chi connectivity index (χ0v) is 25.2. The largest absolute Gasteiger partial charge is 0.456 e. The van der Waals surface area contributed by atoms with Crippen LogP contribution in [0.2, 0.25) is 0 Å². The minimum Gasteiger partial charge on any atom is -0.456 e. The summed E-state index contributed by atoms with van der Waals surface area (Å²) in [5, 5.41) is 4.91. The molecule has 2 aromatic heterocycles. The van der Waals surface area contributed by atoms with Crippen molar-refractivity contribution in [2.24, 2.45) is 0 Å². The molecule has 0 aliphatic rings. The Morgan fingerprint density at radius 3 is 1.89 bits per heavy atom. The molecule has 45 heavy (non-hydrogen) atoms. The number of hydrogen-bond acceptors (Lipinski definition) is 3. The summed E-state index contributed by atoms with van der Waals surface area (Å²) < 4.78 is 8.93. The summed E-state index contributed by atoms with van der Waals surface area (Å²) in [6.45, 7) is 0. The van der Waals surface area contributed by atoms with Gasteiger partial charge < -0.3 is 9.32 Å². The molecule has 0 saturated heterocycles. The molecule has 0 spiro atoms. The Balaban J connectivity index is 1.15. The first-order valence-electron chi connectivity index (χ1n) is 15.2. The molecule has 0 atom stereocenters. The van der Waals surface area contributed by atoms with E-state index in [2.05, 4.69) is 157 Å². The third-order valence-electron chi connectivity index (χ3n) is 8.69. The molecular formula is C42H27NOS. The lowest BCUT2D eigenvalue weighted by atomic mass is 9.93. The van der Waals surface area contributed by atoms with Crippen LogP contribution in [0.25, 0.3) is 64.4 Å². The van der Waals surface area contributed by atoms with Gasteiger partial charge in [0.15, 0.2) is 0 Å². The van der Waals surface area contributed by atoms with Crippen LogP contribution in [0.4, 0.5) is 17.1 Å². The number of anilines is 3. The van der Waals surface area contributed by atoms with E-state index in [1.54, 1.807) is 0 Å². The number of nitrogens with zero attached hydrogens (tertiary/aromatic N) is 1. The molecule has 0 amide bonds. The van der Waals surface area contributed by atoms with Crippen LogP contribution >= 0.6 is 11.3 Å². The lowest BCUT2D eigenvalue weighted by molar-refractivity contribution is 0.669. The molecule has 9 aromatic rings. The number of hydrogen-bond donors (Lipinski definition) is 0. The van der Waals surface area contributed by atoms with E-state index in [9.17, 15) is 0 Å². The van der Waals surface area contributed by atoms with Crippen molar-refractivity contribution >= 4 is 70.5 Å². The highest BCUT2D eigenvalue weighted by molar-refractivity contribution is 7.26. The van der Waals surface area contributed by atoms with Crippen molar-refractivity contribution < 1.29 is 4.42 Å². The quantitative estimate of drug-likeness (QED) is 0.197. The Hall–Kier alpha value is -5.64. The van der Waals surface area contributed by atoms with Gasteiger partial charge in [0.05, 0.1) is 0 Å². The second-order valence-electron chi connectivity index (χ2n) is 11.3. The minimum atomic E-state index is 0.885. The Bertz CT molecular complexity index is 2490. The summed E-state index contributed by atoms with van der Waals surface area (Å²) in [7, 11) is 0. The Kier molecular flexibility index (Phi) is 6.03. The first-order valence-corrected chi connectivity index (χ1v) is 16.0. The van der Waals surface area contributed by atoms with Crippen molar-refractivity contribution in [3.05, 3.63) is 164 Å². The molecular weight excluding hydrogens is 567 g/mol. The fraction of sp³-hybridized carbons (Fsp3) is 0. The van der Waals surface area contributed by atoms with Gasteiger partial charge in [-0.2, -0.15) is 0 Å². The third-order valence-corrected chi connectivity index (χ3v) is 9.91. The van der Waals surface area contributed by atoms with Crippen LogP contribution in [0.1, 0.15) is 0 Å². The molecule has 9 rings (SSSR count). The maximum Gasteiger partial charge on any atom is 0.137 e. The second-order valence-corrected chi connectivity index (χ2v) is 12.4. The van der Waals surface area contributed by atoms with Crippen molar-refractivity contribution in [1.29, 1.82) is 0 Å². The molecule has 0 aliphatic heterocycles. The van der Waals surface area contributed by atoms with Gasteiger partial charge in [-0.05, 0) is 65.2 Å². The van der Waals surface area contributed by atoms with E-state index in [1.807, 2.05) is 23.5 Å². The van der Waals surface area contributed by atoms with Crippen LogP contribution in [0.5, 0.6) is 0 Å². The van der Waals surface area contributed by atoms with E-state index in [0.717, 1.165) is 39.0 Å². The summed E-state index contributed by atoms with van der Waals surface area (Å²) in [6.07, 6.45) is 0. The SMILES string of the molecule is c1ccc(N(c2ccc(-c3ccccc3-c3cccc4c3sc3ccccc34)cc2)c2ccc3c(c2)oc2ccccc23)cc1. The van der Waals surface area contributed by atoms with Crippen molar-refractivity contribution in [2.45, 2.75) is 0 Å². The van der Waals surface area contributed by atoms with Crippen LogP contribution in [-0.2, 0) is 0 Å². The molecule has 0 bridgehead atoms. The molecule has 0 unspecified atom stereocenters. The van der Waals surface area contributed by atoms with Crippen molar-refractivity contribution in [3.8, 4) is 22.3 Å². The number of rotatable bonds is 5. The van der Waals surface area contributed by atoms with Crippen LogP contribution in [0, 0.1) is 0 Å². The number of para-hydroxylation sites is 2. The van der Waals surface area contributed by atoms with E-state index >= 15 is 0 Å². The smallest absolute Gasteiger partial charge is 0.137 e. The van der Waals surface area contributed by atoms with Gasteiger partial charge in [0.25, 0.3) is 0 Å². The highest BCUT2D eigenvalue weighted by Crippen LogP contribution is 2.44. The molecule has 0 saturated carbocycles. The second kappa shape index (κ2) is 10.5. The number of thiophene rings is 1. The van der Waals surface area contributed by atoms with Gasteiger partial charge >= 0.3 is 0 Å². The zero-order chi connectivity index (χ0) is 29.7. The monoisotopic (exact) mass is 593 g/mol. The van der Waals surface area contributed by atoms with Gasteiger partial charge in [-0.1, -0.05) is 109 Å². The lowest BCUT2D eigenvalue weighted by Gasteiger charge is -2.25. The molecule has 2 heterocycles. The topological polar surface area (TPSA) is 16.4 Å². The van der Waals surface area contributed by atoms with E-state index in [1.165, 1.54) is 42.4 Å². The van der Waals surface area contributed by atoms with Gasteiger partial charge in [0.1, 0.15) is 11.2 Å². The molecule has 0 radical (unpaired) electrons. The third kappa shape index (κ3) is 4.32. The van der Waals surface area contributed by atoms with Crippen LogP contribution in [0.3, 0.4) is 0 Å². The molecule has 0 N–H and O–H groups in total. The maximum absolute atomic E-state index is 6.27. The first kappa shape index (κ1) is 25.8. The van der Waals surface area contributed by atoms with E-state index < -0.39 is 0 Å². The predicted octanol–water partition coefficient (Wildman–Crippen LogP) is 12.8. The molecule has 3 heteroatoms. The van der Waals surface area contributed by atoms with Gasteiger partial charge in [0, 0.05) is 59.6 Å². The molecule has 7 aromatic carbocycles. The van der Waals surface area contributed by atoms with Crippen molar-refractivity contribution in [2.75, 3.05) is 4.90 Å². The normalized spacial score (nSPS) is 11.6. The maximum atomic E-state index is 6.27. The van der Waals surface area contributed by atoms with Crippen molar-refractivity contribution in [3.63, 3.8) is 0 Å². The van der Waals surface area contributed by atoms with Crippen LogP contribution in [0.15, 0.2) is 168 Å². The van der Waals surface area contributed by atoms with Gasteiger partial charge in [-0.25, -0.2) is 0 Å². The summed E-state index contributed by atoms with van der Waals surface area (Å²) in [5.41, 5.74) is 9.97. The van der Waals surface area contributed by atoms with E-state index in [4.69, 9.17) is 4.42 Å². The molecule has 0 aliphatic carbocycles.